The zero-order valence-corrected chi connectivity index (χ0v) is 16.1. The number of anilines is 1. The first-order valence-electron chi connectivity index (χ1n) is 8.98. The van der Waals surface area contributed by atoms with Gasteiger partial charge in [-0.05, 0) is 50.6 Å². The van der Waals surface area contributed by atoms with Crippen molar-refractivity contribution >= 4 is 23.4 Å². The summed E-state index contributed by atoms with van der Waals surface area (Å²) in [6, 6.07) is 16.6. The molecule has 1 heterocycles. The standard InChI is InChI=1S/C21H26N2OS/c1-4-22(5-2)19-12-10-18(11-13-19)21-23(14-15-25-21)20(24)17-8-6-16(3)7-9-17/h6-13,21H,4-5,14-15H2,1-3H3. The maximum absolute atomic E-state index is 12.9. The van der Waals surface area contributed by atoms with E-state index in [2.05, 4.69) is 43.0 Å². The number of rotatable bonds is 5. The summed E-state index contributed by atoms with van der Waals surface area (Å²) < 4.78 is 0. The highest BCUT2D eigenvalue weighted by Crippen LogP contribution is 2.39. The van der Waals surface area contributed by atoms with Crippen molar-refractivity contribution in [3.05, 3.63) is 65.2 Å². The van der Waals surface area contributed by atoms with E-state index in [1.807, 2.05) is 47.9 Å². The van der Waals surface area contributed by atoms with Crippen LogP contribution in [-0.4, -0.2) is 36.2 Å². The molecule has 0 aromatic heterocycles. The number of nitrogens with zero attached hydrogens (tertiary/aromatic N) is 2. The van der Waals surface area contributed by atoms with E-state index < -0.39 is 0 Å². The van der Waals surface area contributed by atoms with Crippen molar-refractivity contribution < 1.29 is 4.79 Å². The van der Waals surface area contributed by atoms with Crippen LogP contribution in [0.2, 0.25) is 0 Å². The number of aryl methyl sites for hydroxylation is 1. The third-order valence-corrected chi connectivity index (χ3v) is 6.02. The van der Waals surface area contributed by atoms with Crippen LogP contribution in [-0.2, 0) is 0 Å². The molecule has 3 nitrogen and oxygen atoms in total. The third-order valence-electron chi connectivity index (χ3n) is 4.76. The number of thioether (sulfide) groups is 1. The van der Waals surface area contributed by atoms with Crippen LogP contribution in [0.4, 0.5) is 5.69 Å². The van der Waals surface area contributed by atoms with Gasteiger partial charge in [-0.2, -0.15) is 0 Å². The lowest BCUT2D eigenvalue weighted by atomic mass is 10.1. The molecule has 0 saturated carbocycles. The van der Waals surface area contributed by atoms with E-state index in [0.717, 1.165) is 31.0 Å². The van der Waals surface area contributed by atoms with Gasteiger partial charge in [0.05, 0.1) is 0 Å². The maximum Gasteiger partial charge on any atom is 0.255 e. The molecule has 0 N–H and O–H groups in total. The summed E-state index contributed by atoms with van der Waals surface area (Å²) in [6.45, 7) is 9.20. The summed E-state index contributed by atoms with van der Waals surface area (Å²) in [4.78, 5) is 17.3. The van der Waals surface area contributed by atoms with E-state index in [4.69, 9.17) is 0 Å². The highest BCUT2D eigenvalue weighted by atomic mass is 32.2. The Morgan fingerprint density at radius 3 is 2.32 bits per heavy atom. The van der Waals surface area contributed by atoms with Gasteiger partial charge in [-0.25, -0.2) is 0 Å². The molecule has 0 radical (unpaired) electrons. The van der Waals surface area contributed by atoms with E-state index in [1.54, 1.807) is 0 Å². The lowest BCUT2D eigenvalue weighted by Crippen LogP contribution is -2.30. The lowest BCUT2D eigenvalue weighted by molar-refractivity contribution is 0.0760. The average molecular weight is 355 g/mol. The Labute approximate surface area is 155 Å². The molecular weight excluding hydrogens is 328 g/mol. The van der Waals surface area contributed by atoms with E-state index in [-0.39, 0.29) is 11.3 Å². The Kier molecular flexibility index (Phi) is 5.69. The molecule has 2 aromatic rings. The van der Waals surface area contributed by atoms with Gasteiger partial charge in [-0.15, -0.1) is 11.8 Å². The molecule has 0 aliphatic carbocycles. The first kappa shape index (κ1) is 17.9. The molecule has 1 atom stereocenters. The van der Waals surface area contributed by atoms with E-state index in [0.29, 0.717) is 0 Å². The molecule has 4 heteroatoms. The summed E-state index contributed by atoms with van der Waals surface area (Å²) >= 11 is 1.85. The molecule has 1 saturated heterocycles. The van der Waals surface area contributed by atoms with Crippen LogP contribution in [0.15, 0.2) is 48.5 Å². The second-order valence-corrected chi connectivity index (χ2v) is 7.54. The van der Waals surface area contributed by atoms with Crippen LogP contribution in [0.5, 0.6) is 0 Å². The molecule has 3 rings (SSSR count). The second-order valence-electron chi connectivity index (χ2n) is 6.35. The summed E-state index contributed by atoms with van der Waals surface area (Å²) in [7, 11) is 0. The van der Waals surface area contributed by atoms with Crippen molar-refractivity contribution in [2.24, 2.45) is 0 Å². The summed E-state index contributed by atoms with van der Waals surface area (Å²) in [5.74, 6) is 1.11. The molecule has 1 amide bonds. The molecule has 0 bridgehead atoms. The summed E-state index contributed by atoms with van der Waals surface area (Å²) in [5.41, 5.74) is 4.40. The van der Waals surface area contributed by atoms with Crippen LogP contribution in [0, 0.1) is 6.92 Å². The molecule has 2 aromatic carbocycles. The summed E-state index contributed by atoms with van der Waals surface area (Å²) in [6.07, 6.45) is 0. The molecule has 1 unspecified atom stereocenters. The van der Waals surface area contributed by atoms with Gasteiger partial charge in [0.25, 0.3) is 5.91 Å². The normalized spacial score (nSPS) is 16.9. The van der Waals surface area contributed by atoms with E-state index in [9.17, 15) is 4.79 Å². The van der Waals surface area contributed by atoms with Gasteiger partial charge >= 0.3 is 0 Å². The van der Waals surface area contributed by atoms with Gasteiger partial charge in [0.1, 0.15) is 5.37 Å². The first-order valence-corrected chi connectivity index (χ1v) is 10.0. The van der Waals surface area contributed by atoms with Crippen molar-refractivity contribution in [2.45, 2.75) is 26.1 Å². The van der Waals surface area contributed by atoms with Crippen LogP contribution >= 0.6 is 11.8 Å². The molecule has 1 aliphatic heterocycles. The first-order chi connectivity index (χ1) is 12.1. The third kappa shape index (κ3) is 3.84. The Morgan fingerprint density at radius 1 is 1.08 bits per heavy atom. The van der Waals surface area contributed by atoms with E-state index in [1.165, 1.54) is 16.8 Å². The molecular formula is C21H26N2OS. The van der Waals surface area contributed by atoms with Crippen LogP contribution in [0.25, 0.3) is 0 Å². The number of carbonyl (C=O) groups is 1. The fourth-order valence-corrected chi connectivity index (χ4v) is 4.51. The minimum Gasteiger partial charge on any atom is -0.372 e. The molecule has 1 aliphatic rings. The van der Waals surface area contributed by atoms with Gasteiger partial charge in [0.2, 0.25) is 0 Å². The Morgan fingerprint density at radius 2 is 1.72 bits per heavy atom. The minimum atomic E-state index is 0.111. The number of hydrogen-bond donors (Lipinski definition) is 0. The van der Waals surface area contributed by atoms with Crippen LogP contribution in [0.1, 0.15) is 40.7 Å². The van der Waals surface area contributed by atoms with Crippen molar-refractivity contribution in [1.29, 1.82) is 0 Å². The number of amides is 1. The summed E-state index contributed by atoms with van der Waals surface area (Å²) in [5, 5.41) is 0.111. The Bertz CT molecular complexity index is 708. The fraction of sp³-hybridized carbons (Fsp3) is 0.381. The van der Waals surface area contributed by atoms with Crippen molar-refractivity contribution in [3.8, 4) is 0 Å². The SMILES string of the molecule is CCN(CC)c1ccc(C2SCCN2C(=O)c2ccc(C)cc2)cc1. The number of carbonyl (C=O) groups excluding carboxylic acids is 1. The lowest BCUT2D eigenvalue weighted by Gasteiger charge is -2.26. The highest BCUT2D eigenvalue weighted by Gasteiger charge is 2.31. The number of hydrogen-bond acceptors (Lipinski definition) is 3. The quantitative estimate of drug-likeness (QED) is 0.775. The highest BCUT2D eigenvalue weighted by molar-refractivity contribution is 7.99. The van der Waals surface area contributed by atoms with Crippen LogP contribution < -0.4 is 4.90 Å². The Hall–Kier alpha value is -1.94. The Balaban J connectivity index is 1.79. The molecule has 1 fully saturated rings. The van der Waals surface area contributed by atoms with Gasteiger partial charge in [-0.3, -0.25) is 4.79 Å². The van der Waals surface area contributed by atoms with Crippen LogP contribution in [0.3, 0.4) is 0 Å². The van der Waals surface area contributed by atoms with Gasteiger partial charge in [0.15, 0.2) is 0 Å². The molecule has 132 valence electrons. The predicted molar refractivity (Wildman–Crippen MR) is 107 cm³/mol. The minimum absolute atomic E-state index is 0.111. The monoisotopic (exact) mass is 354 g/mol. The van der Waals surface area contributed by atoms with Crippen molar-refractivity contribution in [3.63, 3.8) is 0 Å². The number of benzene rings is 2. The molecule has 0 spiro atoms. The predicted octanol–water partition coefficient (Wildman–Crippen LogP) is 4.73. The average Bonchev–Trinajstić information content (AvgIpc) is 3.13. The van der Waals surface area contributed by atoms with E-state index >= 15 is 0 Å². The molecule has 25 heavy (non-hydrogen) atoms. The van der Waals surface area contributed by atoms with Gasteiger partial charge in [-0.1, -0.05) is 29.8 Å². The maximum atomic E-state index is 12.9. The fourth-order valence-electron chi connectivity index (χ4n) is 3.25. The zero-order valence-electron chi connectivity index (χ0n) is 15.2. The van der Waals surface area contributed by atoms with Gasteiger partial charge in [0, 0.05) is 36.6 Å². The van der Waals surface area contributed by atoms with Crippen molar-refractivity contribution in [2.75, 3.05) is 30.3 Å². The largest absolute Gasteiger partial charge is 0.372 e. The van der Waals surface area contributed by atoms with Crippen molar-refractivity contribution in [1.82, 2.24) is 4.90 Å². The van der Waals surface area contributed by atoms with Gasteiger partial charge < -0.3 is 9.80 Å². The second kappa shape index (κ2) is 7.96. The smallest absolute Gasteiger partial charge is 0.255 e. The topological polar surface area (TPSA) is 23.6 Å². The zero-order chi connectivity index (χ0) is 17.8.